The molecule has 49 heavy (non-hydrogen) atoms. The van der Waals surface area contributed by atoms with Crippen molar-refractivity contribution in [2.45, 2.75) is 96.7 Å². The predicted molar refractivity (Wildman–Crippen MR) is 190 cm³/mol. The zero-order valence-electron chi connectivity index (χ0n) is 29.1. The summed E-state index contributed by atoms with van der Waals surface area (Å²) in [7, 11) is -2.43. The van der Waals surface area contributed by atoms with Crippen LogP contribution in [0.15, 0.2) is 54.6 Å². The number of aliphatic hydroxyl groups is 1. The molecule has 0 heterocycles. The van der Waals surface area contributed by atoms with Crippen LogP contribution in [-0.2, 0) is 41.0 Å². The number of aliphatic hydroxyl groups excluding tert-OH is 1. The third kappa shape index (κ3) is 13.4. The minimum Gasteiger partial charge on any atom is -0.445 e. The molecule has 0 bridgehead atoms. The van der Waals surface area contributed by atoms with Gasteiger partial charge in [-0.2, -0.15) is 0 Å². The molecule has 13 heteroatoms. The highest BCUT2D eigenvalue weighted by Crippen LogP contribution is 2.53. The fraction of sp³-hybridized carbons (Fsp3) is 0.583. The normalized spacial score (nSPS) is 16.2. The minimum absolute atomic E-state index is 0.00393. The van der Waals surface area contributed by atoms with Crippen LogP contribution in [0.25, 0.3) is 0 Å². The monoisotopic (exact) mass is 721 g/mol. The Labute approximate surface area is 295 Å². The second-order valence-electron chi connectivity index (χ2n) is 12.7. The number of nitrogens with zero attached hydrogens (tertiary/aromatic N) is 1. The number of ether oxygens (including phenoxy) is 1. The second-order valence-corrected chi connectivity index (χ2v) is 15.2. The minimum atomic E-state index is -4.13. The Morgan fingerprint density at radius 1 is 0.980 bits per heavy atom. The van der Waals surface area contributed by atoms with Gasteiger partial charge in [-0.05, 0) is 62.3 Å². The summed E-state index contributed by atoms with van der Waals surface area (Å²) in [5, 5.41) is 17.5. The van der Waals surface area contributed by atoms with Crippen LogP contribution in [0.1, 0.15) is 76.8 Å². The Balaban J connectivity index is 1.79. The van der Waals surface area contributed by atoms with Crippen molar-refractivity contribution in [1.29, 1.82) is 0 Å². The average Bonchev–Trinajstić information content (AvgIpc) is 3.09. The molecule has 2 aromatic rings. The summed E-state index contributed by atoms with van der Waals surface area (Å²) in [4.78, 5) is 42.1. The number of carbonyl (C=O) groups excluding carboxylic acids is 3. The Morgan fingerprint density at radius 3 is 2.27 bits per heavy atom. The largest absolute Gasteiger partial charge is 0.445 e. The molecule has 0 radical (unpaired) electrons. The van der Waals surface area contributed by atoms with Crippen LogP contribution in [0, 0.1) is 11.8 Å². The lowest BCUT2D eigenvalue weighted by atomic mass is 9.84. The van der Waals surface area contributed by atoms with Crippen molar-refractivity contribution in [3.8, 4) is 0 Å². The van der Waals surface area contributed by atoms with Crippen molar-refractivity contribution in [1.82, 2.24) is 15.5 Å². The highest BCUT2D eigenvalue weighted by Gasteiger charge is 2.43. The molecule has 4 atom stereocenters. The van der Waals surface area contributed by atoms with E-state index in [0.29, 0.717) is 30.0 Å². The molecule has 1 saturated carbocycles. The highest BCUT2D eigenvalue weighted by molar-refractivity contribution is 7.54. The van der Waals surface area contributed by atoms with Gasteiger partial charge in [0.05, 0.1) is 19.3 Å². The van der Waals surface area contributed by atoms with Gasteiger partial charge in [0.1, 0.15) is 12.6 Å². The van der Waals surface area contributed by atoms with Gasteiger partial charge in [-0.25, -0.2) is 4.79 Å². The molecule has 3 amide bonds. The Bertz CT molecular complexity index is 1370. The fourth-order valence-electron chi connectivity index (χ4n) is 6.17. The van der Waals surface area contributed by atoms with Crippen LogP contribution < -0.4 is 10.6 Å². The molecule has 1 aliphatic rings. The SMILES string of the molecule is CCOP(=O)(OCC)C(O)C(CC(C)C(=O)N(C)CCc1ccccc1)NC(=O)C(CC1CCCCC1)NC(=O)OCc1cccc(Cl)c1. The molecule has 3 rings (SSSR count). The van der Waals surface area contributed by atoms with E-state index in [4.69, 9.17) is 25.4 Å². The summed E-state index contributed by atoms with van der Waals surface area (Å²) in [6, 6.07) is 14.5. The zero-order valence-corrected chi connectivity index (χ0v) is 30.8. The van der Waals surface area contributed by atoms with Gasteiger partial charge in [0.15, 0.2) is 5.85 Å². The number of halogens is 1. The zero-order chi connectivity index (χ0) is 35.8. The molecule has 0 spiro atoms. The Hall–Kier alpha value is -2.95. The van der Waals surface area contributed by atoms with Crippen molar-refractivity contribution in [2.75, 3.05) is 26.8 Å². The average molecular weight is 722 g/mol. The van der Waals surface area contributed by atoms with Crippen molar-refractivity contribution < 1.29 is 37.8 Å². The van der Waals surface area contributed by atoms with Gasteiger partial charge in [-0.15, -0.1) is 0 Å². The number of benzene rings is 2. The second kappa shape index (κ2) is 20.7. The van der Waals surface area contributed by atoms with E-state index < -0.39 is 43.4 Å². The first kappa shape index (κ1) is 40.5. The maximum atomic E-state index is 14.0. The predicted octanol–water partition coefficient (Wildman–Crippen LogP) is 6.70. The first-order valence-electron chi connectivity index (χ1n) is 17.3. The topological polar surface area (TPSA) is 144 Å². The summed E-state index contributed by atoms with van der Waals surface area (Å²) in [5.74, 6) is -3.05. The number of hydrogen-bond donors (Lipinski definition) is 3. The number of amides is 3. The fourth-order valence-corrected chi connectivity index (χ4v) is 8.12. The third-order valence-corrected chi connectivity index (χ3v) is 11.3. The van der Waals surface area contributed by atoms with Gasteiger partial charge >= 0.3 is 13.7 Å². The van der Waals surface area contributed by atoms with Crippen molar-refractivity contribution in [3.63, 3.8) is 0 Å². The van der Waals surface area contributed by atoms with Crippen LogP contribution in [0.2, 0.25) is 5.02 Å². The molecule has 1 fully saturated rings. The summed E-state index contributed by atoms with van der Waals surface area (Å²) >= 11 is 6.06. The summed E-state index contributed by atoms with van der Waals surface area (Å²) in [6.07, 6.45) is 5.18. The molecular formula is C36H53ClN3O8P. The first-order valence-corrected chi connectivity index (χ1v) is 19.3. The van der Waals surface area contributed by atoms with E-state index in [-0.39, 0.29) is 38.1 Å². The van der Waals surface area contributed by atoms with Gasteiger partial charge in [0, 0.05) is 24.5 Å². The van der Waals surface area contributed by atoms with Crippen molar-refractivity contribution >= 4 is 37.1 Å². The molecule has 1 aliphatic carbocycles. The van der Waals surface area contributed by atoms with Gasteiger partial charge in [-0.3, -0.25) is 14.2 Å². The molecule has 4 unspecified atom stereocenters. The summed E-state index contributed by atoms with van der Waals surface area (Å²) in [6.45, 7) is 5.36. The van der Waals surface area contributed by atoms with Gasteiger partial charge in [0.25, 0.3) is 0 Å². The Morgan fingerprint density at radius 2 is 1.63 bits per heavy atom. The molecule has 0 saturated heterocycles. The number of likely N-dealkylation sites (N-methyl/N-ethyl adjacent to an activating group) is 1. The lowest BCUT2D eigenvalue weighted by molar-refractivity contribution is -0.134. The number of hydrogen-bond acceptors (Lipinski definition) is 8. The molecule has 11 nitrogen and oxygen atoms in total. The first-order chi connectivity index (χ1) is 23.4. The molecule has 3 N–H and O–H groups in total. The van der Waals surface area contributed by atoms with Gasteiger partial charge in [-0.1, -0.05) is 93.1 Å². The van der Waals surface area contributed by atoms with E-state index in [1.807, 2.05) is 30.3 Å². The van der Waals surface area contributed by atoms with Crippen molar-refractivity contribution in [2.24, 2.45) is 11.8 Å². The van der Waals surface area contributed by atoms with Crippen LogP contribution in [0.5, 0.6) is 0 Å². The maximum absolute atomic E-state index is 14.0. The van der Waals surface area contributed by atoms with Crippen LogP contribution in [0.3, 0.4) is 0 Å². The third-order valence-electron chi connectivity index (χ3n) is 8.77. The quantitative estimate of drug-likeness (QED) is 0.136. The van der Waals surface area contributed by atoms with E-state index in [9.17, 15) is 24.1 Å². The summed E-state index contributed by atoms with van der Waals surface area (Å²) < 4.78 is 30.1. The number of carbonyl (C=O) groups is 3. The maximum Gasteiger partial charge on any atom is 0.408 e. The smallest absolute Gasteiger partial charge is 0.408 e. The van der Waals surface area contributed by atoms with Crippen LogP contribution in [0.4, 0.5) is 4.79 Å². The number of alkyl carbamates (subject to hydrolysis) is 1. The Kier molecular flexibility index (Phi) is 17.1. The van der Waals surface area contributed by atoms with E-state index >= 15 is 0 Å². The molecule has 272 valence electrons. The lowest BCUT2D eigenvalue weighted by Crippen LogP contribution is -2.54. The molecular weight excluding hydrogens is 669 g/mol. The van der Waals surface area contributed by atoms with E-state index in [1.54, 1.807) is 57.0 Å². The van der Waals surface area contributed by atoms with Crippen molar-refractivity contribution in [3.05, 3.63) is 70.7 Å². The van der Waals surface area contributed by atoms with Gasteiger partial charge < -0.3 is 34.4 Å². The summed E-state index contributed by atoms with van der Waals surface area (Å²) in [5.41, 5.74) is 1.78. The lowest BCUT2D eigenvalue weighted by Gasteiger charge is -2.33. The molecule has 0 aromatic heterocycles. The standard InChI is InChI=1S/C36H53ClN3O8P/c1-5-47-49(45,48-6-2)35(43)32(22-26(3)34(42)40(4)21-20-27-14-9-7-10-15-27)38-33(41)31(24-28-16-11-8-12-17-28)39-36(44)46-25-29-18-13-19-30(37)23-29/h7,9-10,13-15,18-19,23,26,28,31-32,35,43H,5-6,8,11-12,16-17,20-22,24-25H2,1-4H3,(H,38,41)(H,39,44). The molecule has 0 aliphatic heterocycles. The molecule has 2 aromatic carbocycles. The highest BCUT2D eigenvalue weighted by atomic mass is 35.5. The van der Waals surface area contributed by atoms with Gasteiger partial charge in [0.2, 0.25) is 11.8 Å². The van der Waals surface area contributed by atoms with E-state index in [0.717, 1.165) is 37.7 Å². The van der Waals surface area contributed by atoms with E-state index in [1.165, 1.54) is 0 Å². The van der Waals surface area contributed by atoms with Crippen LogP contribution in [-0.4, -0.2) is 72.6 Å². The number of nitrogens with one attached hydrogen (secondary N) is 2. The van der Waals surface area contributed by atoms with Crippen LogP contribution >= 0.6 is 19.2 Å². The number of rotatable bonds is 19. The van der Waals surface area contributed by atoms with E-state index in [2.05, 4.69) is 10.6 Å².